The summed E-state index contributed by atoms with van der Waals surface area (Å²) in [5.41, 5.74) is 2.92. The number of rotatable bonds is 5. The maximum Gasteiger partial charge on any atom is 0.300 e. The van der Waals surface area contributed by atoms with Crippen molar-refractivity contribution in [1.29, 1.82) is 0 Å². The van der Waals surface area contributed by atoms with Crippen molar-refractivity contribution >= 4 is 55.3 Å². The van der Waals surface area contributed by atoms with Gasteiger partial charge in [-0.2, -0.15) is 0 Å². The van der Waals surface area contributed by atoms with Gasteiger partial charge in [0.15, 0.2) is 16.7 Å². The van der Waals surface area contributed by atoms with Gasteiger partial charge in [-0.3, -0.25) is 19.3 Å². The minimum absolute atomic E-state index is 0.0471. The van der Waals surface area contributed by atoms with Crippen LogP contribution in [-0.4, -0.2) is 40.0 Å². The number of anilines is 1. The second-order valence-corrected chi connectivity index (χ2v) is 10.1. The van der Waals surface area contributed by atoms with Crippen molar-refractivity contribution in [2.75, 3.05) is 12.0 Å². The lowest BCUT2D eigenvalue weighted by Crippen LogP contribution is -2.30. The van der Waals surface area contributed by atoms with Crippen LogP contribution in [0.2, 0.25) is 0 Å². The summed E-state index contributed by atoms with van der Waals surface area (Å²) in [5.74, 6) is -2.02. The van der Waals surface area contributed by atoms with Gasteiger partial charge in [-0.15, -0.1) is 0 Å². The molecule has 3 heterocycles. The van der Waals surface area contributed by atoms with Crippen molar-refractivity contribution in [1.82, 2.24) is 4.98 Å². The number of carboxylic acid groups (broad SMARTS) is 1. The summed E-state index contributed by atoms with van der Waals surface area (Å²) in [7, 11) is 1.56. The molecule has 2 N–H and O–H groups in total. The number of hydrogen-bond donors (Lipinski definition) is 2. The van der Waals surface area contributed by atoms with E-state index in [1.807, 2.05) is 43.3 Å². The molecule has 3 aromatic carbocycles. The average molecular weight is 557 g/mol. The van der Waals surface area contributed by atoms with Gasteiger partial charge in [-0.05, 0) is 54.4 Å². The molecular weight excluding hydrogens is 532 g/mol. The number of carbonyl (C=O) groups is 3. The molecule has 0 fully saturated rings. The number of methoxy groups -OCH3 is 1. The van der Waals surface area contributed by atoms with Gasteiger partial charge in [0.1, 0.15) is 11.3 Å². The van der Waals surface area contributed by atoms with Gasteiger partial charge in [0.05, 0.1) is 28.9 Å². The maximum absolute atomic E-state index is 13.7. The number of benzene rings is 3. The Bertz CT molecular complexity index is 1760. The molecule has 10 heteroatoms. The Labute approximate surface area is 232 Å². The molecule has 0 bridgehead atoms. The molecule has 0 saturated heterocycles. The number of carboxylic acids is 1. The summed E-state index contributed by atoms with van der Waals surface area (Å²) in [6, 6.07) is 20.8. The number of ether oxygens (including phenoxy) is 1. The van der Waals surface area contributed by atoms with E-state index in [9.17, 15) is 14.7 Å². The van der Waals surface area contributed by atoms with Crippen molar-refractivity contribution in [2.45, 2.75) is 19.9 Å². The van der Waals surface area contributed by atoms with Gasteiger partial charge in [-0.1, -0.05) is 47.7 Å². The molecule has 1 amide bonds. The largest absolute Gasteiger partial charge is 0.503 e. The van der Waals surface area contributed by atoms with Gasteiger partial charge < -0.3 is 19.4 Å². The van der Waals surface area contributed by atoms with Gasteiger partial charge in [0.2, 0.25) is 5.78 Å². The van der Waals surface area contributed by atoms with Crippen LogP contribution < -0.4 is 9.64 Å². The molecular formula is C30H24N2O7S. The number of amides is 1. The number of aryl methyl sites for hydroxylation is 1. The molecule has 202 valence electrons. The van der Waals surface area contributed by atoms with E-state index < -0.39 is 29.5 Å². The monoisotopic (exact) mass is 556 g/mol. The second kappa shape index (κ2) is 10.7. The highest BCUT2D eigenvalue weighted by Gasteiger charge is 2.46. The normalized spacial score (nSPS) is 14.9. The number of aliphatic carboxylic acids is 1. The average Bonchev–Trinajstić information content (AvgIpc) is 3.62. The van der Waals surface area contributed by atoms with Gasteiger partial charge in [0.25, 0.3) is 11.9 Å². The number of aliphatic hydroxyl groups is 1. The Hall–Kier alpha value is -4.96. The van der Waals surface area contributed by atoms with Crippen molar-refractivity contribution in [3.05, 3.63) is 101 Å². The lowest BCUT2D eigenvalue weighted by atomic mass is 9.95. The van der Waals surface area contributed by atoms with Crippen LogP contribution in [0.4, 0.5) is 5.13 Å². The third kappa shape index (κ3) is 4.92. The Kier molecular flexibility index (Phi) is 7.10. The van der Waals surface area contributed by atoms with Crippen LogP contribution in [0, 0.1) is 6.92 Å². The Balaban J connectivity index is 0.000000758. The highest BCUT2D eigenvalue weighted by Crippen LogP contribution is 2.44. The molecule has 0 aliphatic carbocycles. The molecule has 0 radical (unpaired) electrons. The summed E-state index contributed by atoms with van der Waals surface area (Å²) in [4.78, 5) is 42.2. The van der Waals surface area contributed by atoms with E-state index in [1.165, 1.54) is 16.2 Å². The molecule has 9 nitrogen and oxygen atoms in total. The molecule has 1 aliphatic heterocycles. The molecule has 1 aliphatic rings. The fraction of sp³-hybridized carbons (Fsp3) is 0.133. The number of ketones is 1. The Morgan fingerprint density at radius 1 is 1.05 bits per heavy atom. The van der Waals surface area contributed by atoms with E-state index in [1.54, 1.807) is 43.5 Å². The number of carbonyl (C=O) groups excluding carboxylic acids is 2. The molecule has 2 aromatic heterocycles. The summed E-state index contributed by atoms with van der Waals surface area (Å²) in [6.07, 6.45) is 0. The van der Waals surface area contributed by atoms with Crippen molar-refractivity contribution in [3.63, 3.8) is 0 Å². The summed E-state index contributed by atoms with van der Waals surface area (Å²) < 4.78 is 12.0. The zero-order valence-electron chi connectivity index (χ0n) is 21.7. The van der Waals surface area contributed by atoms with E-state index in [4.69, 9.17) is 19.1 Å². The highest BCUT2D eigenvalue weighted by molar-refractivity contribution is 7.22. The number of hydrogen-bond acceptors (Lipinski definition) is 8. The quantitative estimate of drug-likeness (QED) is 0.244. The lowest BCUT2D eigenvalue weighted by Gasteiger charge is -2.24. The molecule has 0 saturated carbocycles. The zero-order valence-corrected chi connectivity index (χ0v) is 22.6. The van der Waals surface area contributed by atoms with Gasteiger partial charge in [-0.25, -0.2) is 4.98 Å². The third-order valence-corrected chi connectivity index (χ3v) is 7.29. The van der Waals surface area contributed by atoms with Crippen molar-refractivity contribution < 1.29 is 33.8 Å². The van der Waals surface area contributed by atoms with E-state index >= 15 is 0 Å². The van der Waals surface area contributed by atoms with E-state index in [2.05, 4.69) is 4.98 Å². The first-order valence-corrected chi connectivity index (χ1v) is 13.0. The van der Waals surface area contributed by atoms with Crippen LogP contribution in [0.1, 0.15) is 34.6 Å². The van der Waals surface area contributed by atoms with Crippen LogP contribution in [0.25, 0.3) is 21.2 Å². The predicted molar refractivity (Wildman–Crippen MR) is 151 cm³/mol. The number of aromatic nitrogens is 1. The number of para-hydroxylation sites is 1. The van der Waals surface area contributed by atoms with Crippen LogP contribution >= 0.6 is 11.3 Å². The highest BCUT2D eigenvalue weighted by atomic mass is 32.1. The van der Waals surface area contributed by atoms with Crippen LogP contribution in [0.3, 0.4) is 0 Å². The van der Waals surface area contributed by atoms with Gasteiger partial charge in [0, 0.05) is 12.3 Å². The van der Waals surface area contributed by atoms with Crippen molar-refractivity contribution in [2.24, 2.45) is 0 Å². The molecule has 1 unspecified atom stereocenters. The predicted octanol–water partition coefficient (Wildman–Crippen LogP) is 6.23. The first-order valence-electron chi connectivity index (χ1n) is 12.2. The van der Waals surface area contributed by atoms with Gasteiger partial charge >= 0.3 is 0 Å². The number of furan rings is 1. The second-order valence-electron chi connectivity index (χ2n) is 9.08. The lowest BCUT2D eigenvalue weighted by molar-refractivity contribution is -0.134. The van der Waals surface area contributed by atoms with Crippen LogP contribution in [-0.2, 0) is 9.59 Å². The topological polar surface area (TPSA) is 130 Å². The first-order chi connectivity index (χ1) is 19.2. The summed E-state index contributed by atoms with van der Waals surface area (Å²) in [5, 5.41) is 19.6. The number of thiazole rings is 1. The number of fused-ring (bicyclic) bond motifs is 2. The molecule has 5 aromatic rings. The van der Waals surface area contributed by atoms with Crippen molar-refractivity contribution in [3.8, 4) is 5.75 Å². The third-order valence-electron chi connectivity index (χ3n) is 6.27. The minimum Gasteiger partial charge on any atom is -0.503 e. The standard InChI is InChI=1S/C28H20N2O5S.C2H4O2/c1-15-7-12-19-22(13-15)36-28(29-19)30-24(16-8-10-18(34-2)11-9-16)23(26(32)27(30)33)25(31)21-14-17-5-3-4-6-20(17)35-21;1-2(3)4/h3-14,24,32H,1-2H3;1H3,(H,3,4). The molecule has 0 spiro atoms. The van der Waals surface area contributed by atoms with E-state index in [-0.39, 0.29) is 11.3 Å². The molecule has 1 atom stereocenters. The SMILES string of the molecule is CC(=O)O.COc1ccc(C2C(C(=O)c3cc4ccccc4o3)=C(O)C(=O)N2c2nc3ccc(C)cc3s2)cc1. The molecule has 6 rings (SSSR count). The number of Topliss-reactive ketones (excluding diaryl/α,β-unsaturated/α-hetero) is 1. The van der Waals surface area contributed by atoms with E-state index in [0.29, 0.717) is 22.0 Å². The van der Waals surface area contributed by atoms with E-state index in [0.717, 1.165) is 28.1 Å². The first kappa shape index (κ1) is 26.6. The maximum atomic E-state index is 13.7. The van der Waals surface area contributed by atoms with Crippen LogP contribution in [0.5, 0.6) is 5.75 Å². The smallest absolute Gasteiger partial charge is 0.300 e. The number of aliphatic hydroxyl groups excluding tert-OH is 1. The molecule has 40 heavy (non-hydrogen) atoms. The number of nitrogens with zero attached hydrogens (tertiary/aromatic N) is 2. The Morgan fingerprint density at radius 3 is 2.42 bits per heavy atom. The summed E-state index contributed by atoms with van der Waals surface area (Å²) >= 11 is 1.33. The summed E-state index contributed by atoms with van der Waals surface area (Å²) in [6.45, 7) is 3.07. The van der Waals surface area contributed by atoms with Crippen LogP contribution in [0.15, 0.2) is 88.5 Å². The fourth-order valence-electron chi connectivity index (χ4n) is 4.49. The Morgan fingerprint density at radius 2 is 1.75 bits per heavy atom. The fourth-order valence-corrected chi connectivity index (χ4v) is 5.58. The zero-order chi connectivity index (χ0) is 28.6. The minimum atomic E-state index is -0.897.